The Bertz CT molecular complexity index is 781. The molecule has 24 heavy (non-hydrogen) atoms. The van der Waals surface area contributed by atoms with Crippen LogP contribution in [-0.2, 0) is 11.2 Å². The third kappa shape index (κ3) is 3.20. The van der Waals surface area contributed by atoms with Gasteiger partial charge >= 0.3 is 0 Å². The summed E-state index contributed by atoms with van der Waals surface area (Å²) in [7, 11) is 0. The minimum absolute atomic E-state index is 0.130. The number of hydrogen-bond donors (Lipinski definition) is 4. The maximum atomic E-state index is 12.0. The smallest absolute Gasteiger partial charge is 0.216 e. The molecule has 6 nitrogen and oxygen atoms in total. The van der Waals surface area contributed by atoms with Crippen LogP contribution in [0, 0.1) is 0 Å². The van der Waals surface area contributed by atoms with E-state index in [1.807, 2.05) is 12.1 Å². The van der Waals surface area contributed by atoms with Gasteiger partial charge in [-0.05, 0) is 42.5 Å². The fourth-order valence-electron chi connectivity index (χ4n) is 3.27. The summed E-state index contributed by atoms with van der Waals surface area (Å²) >= 11 is 0. The van der Waals surface area contributed by atoms with E-state index >= 15 is 0 Å². The molecule has 0 spiro atoms. The number of rotatable bonds is 5. The zero-order chi connectivity index (χ0) is 17.3. The largest absolute Gasteiger partial charge is 0.390 e. The maximum Gasteiger partial charge on any atom is 0.216 e. The Morgan fingerprint density at radius 1 is 1.33 bits per heavy atom. The fourth-order valence-corrected chi connectivity index (χ4v) is 3.27. The van der Waals surface area contributed by atoms with Crippen LogP contribution in [0.3, 0.4) is 0 Å². The molecule has 1 heterocycles. The van der Waals surface area contributed by atoms with Crippen LogP contribution in [0.4, 0.5) is 0 Å². The number of aryl methyl sites for hydroxylation is 1. The average molecular weight is 330 g/mol. The van der Waals surface area contributed by atoms with Crippen molar-refractivity contribution in [1.82, 2.24) is 10.3 Å². The van der Waals surface area contributed by atoms with Crippen molar-refractivity contribution in [2.75, 3.05) is 6.54 Å². The molecule has 2 aromatic rings. The van der Waals surface area contributed by atoms with Crippen LogP contribution in [0.2, 0.25) is 0 Å². The van der Waals surface area contributed by atoms with Crippen LogP contribution in [0.25, 0.3) is 10.9 Å². The Balaban J connectivity index is 1.82. The first-order chi connectivity index (χ1) is 11.5. The molecule has 1 aliphatic carbocycles. The number of aromatic amines is 1. The number of nitrogens with one attached hydrogen (secondary N) is 2. The monoisotopic (exact) mass is 330 g/mol. The number of fused-ring (bicyclic) bond motifs is 3. The first kappa shape index (κ1) is 16.7. The molecule has 4 N–H and O–H groups in total. The highest BCUT2D eigenvalue weighted by Crippen LogP contribution is 2.31. The predicted octanol–water partition coefficient (Wildman–Crippen LogP) is 1.61. The number of carbonyl (C=O) groups excluding carboxylic acids is 2. The topological polar surface area (TPSA) is 102 Å². The average Bonchev–Trinajstić information content (AvgIpc) is 2.93. The highest BCUT2D eigenvalue weighted by atomic mass is 16.3. The Kier molecular flexibility index (Phi) is 4.69. The lowest BCUT2D eigenvalue weighted by Crippen LogP contribution is -2.27. The molecule has 2 unspecified atom stereocenters. The van der Waals surface area contributed by atoms with Crippen molar-refractivity contribution in [3.8, 4) is 0 Å². The standard InChI is InChI=1S/C18H22N2O4/c1-10(21)19-8-7-16(23)18(24)11-5-6-14-13(9-11)12-3-2-4-15(22)17(12)20-14/h5-6,9,16,18,20,23-24H,2-4,7-8H2,1H3,(H,19,21). The SMILES string of the molecule is CC(=O)NCCC(O)C(O)c1ccc2[nH]c3c(c2c1)CCCC3=O. The fraction of sp³-hybridized carbons (Fsp3) is 0.444. The van der Waals surface area contributed by atoms with E-state index in [-0.39, 0.29) is 18.1 Å². The van der Waals surface area contributed by atoms with E-state index in [2.05, 4.69) is 10.3 Å². The van der Waals surface area contributed by atoms with Crippen molar-refractivity contribution in [1.29, 1.82) is 0 Å². The first-order valence-electron chi connectivity index (χ1n) is 8.25. The third-order valence-corrected chi connectivity index (χ3v) is 4.56. The molecule has 6 heteroatoms. The van der Waals surface area contributed by atoms with Gasteiger partial charge in [0.25, 0.3) is 0 Å². The van der Waals surface area contributed by atoms with Crippen molar-refractivity contribution < 1.29 is 19.8 Å². The zero-order valence-corrected chi connectivity index (χ0v) is 13.6. The summed E-state index contributed by atoms with van der Waals surface area (Å²) in [6, 6.07) is 5.43. The van der Waals surface area contributed by atoms with Crippen LogP contribution in [0.15, 0.2) is 18.2 Å². The Morgan fingerprint density at radius 3 is 2.88 bits per heavy atom. The van der Waals surface area contributed by atoms with Gasteiger partial charge in [-0.3, -0.25) is 9.59 Å². The summed E-state index contributed by atoms with van der Waals surface area (Å²) in [5.41, 5.74) is 3.16. The van der Waals surface area contributed by atoms with E-state index in [0.717, 1.165) is 29.3 Å². The number of aliphatic hydroxyl groups excluding tert-OH is 2. The van der Waals surface area contributed by atoms with E-state index in [1.165, 1.54) is 6.92 Å². The Morgan fingerprint density at radius 2 is 2.12 bits per heavy atom. The van der Waals surface area contributed by atoms with Crippen molar-refractivity contribution in [3.05, 3.63) is 35.0 Å². The van der Waals surface area contributed by atoms with Crippen molar-refractivity contribution in [2.24, 2.45) is 0 Å². The van der Waals surface area contributed by atoms with Crippen molar-refractivity contribution in [3.63, 3.8) is 0 Å². The number of carbonyl (C=O) groups is 2. The van der Waals surface area contributed by atoms with Gasteiger partial charge in [0.15, 0.2) is 5.78 Å². The molecule has 2 atom stereocenters. The Hall–Kier alpha value is -2.18. The van der Waals surface area contributed by atoms with Crippen LogP contribution in [-0.4, -0.2) is 39.5 Å². The van der Waals surface area contributed by atoms with Gasteiger partial charge in [-0.25, -0.2) is 0 Å². The molecule has 1 aromatic heterocycles. The summed E-state index contributed by atoms with van der Waals surface area (Å²) in [4.78, 5) is 26.0. The van der Waals surface area contributed by atoms with Crippen LogP contribution >= 0.6 is 0 Å². The molecule has 1 amide bonds. The van der Waals surface area contributed by atoms with Gasteiger partial charge in [0.1, 0.15) is 6.10 Å². The number of Topliss-reactive ketones (excluding diaryl/α,β-unsaturated/α-hetero) is 1. The number of amides is 1. The number of hydrogen-bond acceptors (Lipinski definition) is 4. The van der Waals surface area contributed by atoms with Gasteiger partial charge < -0.3 is 20.5 Å². The van der Waals surface area contributed by atoms with Gasteiger partial charge in [-0.2, -0.15) is 0 Å². The van der Waals surface area contributed by atoms with Crippen LogP contribution in [0.1, 0.15) is 53.9 Å². The first-order valence-corrected chi connectivity index (χ1v) is 8.25. The van der Waals surface area contributed by atoms with Gasteiger partial charge in [-0.1, -0.05) is 6.07 Å². The van der Waals surface area contributed by atoms with E-state index in [0.29, 0.717) is 24.2 Å². The molecule has 0 aliphatic heterocycles. The molecular weight excluding hydrogens is 308 g/mol. The molecule has 1 aromatic carbocycles. The van der Waals surface area contributed by atoms with E-state index in [9.17, 15) is 19.8 Å². The number of aliphatic hydroxyl groups is 2. The third-order valence-electron chi connectivity index (χ3n) is 4.56. The highest BCUT2D eigenvalue weighted by molar-refractivity contribution is 6.03. The molecular formula is C18H22N2O4. The summed E-state index contributed by atoms with van der Waals surface area (Å²) in [6.45, 7) is 1.72. The summed E-state index contributed by atoms with van der Waals surface area (Å²) in [6.07, 6.45) is 0.509. The lowest BCUT2D eigenvalue weighted by molar-refractivity contribution is -0.119. The molecule has 3 rings (SSSR count). The second-order valence-electron chi connectivity index (χ2n) is 6.34. The lowest BCUT2D eigenvalue weighted by Gasteiger charge is -2.18. The van der Waals surface area contributed by atoms with E-state index in [1.54, 1.807) is 6.07 Å². The predicted molar refractivity (Wildman–Crippen MR) is 89.8 cm³/mol. The lowest BCUT2D eigenvalue weighted by atomic mass is 9.93. The van der Waals surface area contributed by atoms with Crippen LogP contribution < -0.4 is 5.32 Å². The summed E-state index contributed by atoms with van der Waals surface area (Å²) < 4.78 is 0. The molecule has 0 fully saturated rings. The van der Waals surface area contributed by atoms with Crippen molar-refractivity contribution in [2.45, 2.75) is 44.8 Å². The van der Waals surface area contributed by atoms with Gasteiger partial charge in [0, 0.05) is 30.8 Å². The maximum absolute atomic E-state index is 12.0. The van der Waals surface area contributed by atoms with E-state index < -0.39 is 12.2 Å². The summed E-state index contributed by atoms with van der Waals surface area (Å²) in [5, 5.41) is 24.0. The second kappa shape index (κ2) is 6.75. The normalized spacial score (nSPS) is 16.7. The van der Waals surface area contributed by atoms with Gasteiger partial charge in [0.2, 0.25) is 5.91 Å². The number of aromatic nitrogens is 1. The van der Waals surface area contributed by atoms with Crippen molar-refractivity contribution >= 4 is 22.6 Å². The molecule has 1 aliphatic rings. The minimum Gasteiger partial charge on any atom is -0.390 e. The molecule has 0 bridgehead atoms. The molecule has 128 valence electrons. The van der Waals surface area contributed by atoms with Crippen LogP contribution in [0.5, 0.6) is 0 Å². The number of benzene rings is 1. The van der Waals surface area contributed by atoms with Gasteiger partial charge in [-0.15, -0.1) is 0 Å². The summed E-state index contributed by atoms with van der Waals surface area (Å²) in [5.74, 6) is -0.0355. The molecule has 0 saturated heterocycles. The second-order valence-corrected chi connectivity index (χ2v) is 6.34. The van der Waals surface area contributed by atoms with E-state index in [4.69, 9.17) is 0 Å². The Labute approximate surface area is 139 Å². The molecule has 0 saturated carbocycles. The number of ketones is 1. The number of H-pyrrole nitrogens is 1. The molecule has 0 radical (unpaired) electrons. The zero-order valence-electron chi connectivity index (χ0n) is 13.6. The highest BCUT2D eigenvalue weighted by Gasteiger charge is 2.24. The quantitative estimate of drug-likeness (QED) is 0.669. The van der Waals surface area contributed by atoms with Gasteiger partial charge in [0.05, 0.1) is 11.8 Å². The minimum atomic E-state index is -1.03.